The van der Waals surface area contributed by atoms with Crippen LogP contribution >= 0.6 is 0 Å². The van der Waals surface area contributed by atoms with Crippen LogP contribution in [0.5, 0.6) is 0 Å². The molecule has 0 radical (unpaired) electrons. The van der Waals surface area contributed by atoms with Crippen LogP contribution in [-0.2, 0) is 28.7 Å². The van der Waals surface area contributed by atoms with Crippen molar-refractivity contribution in [2.24, 2.45) is 17.8 Å². The quantitative estimate of drug-likeness (QED) is 0.405. The standard InChI is InChI=1S/C32H41N3O7/c1-19(2)23(17-36)35-28-31(40)34(20(3)4)16-10-6-9-13-25(37)41-18-22(21-11-7-5-8-12-21)33-29(38)26-24-14-15-32(28,42-24)27(26)30(35)39/h5-8,10-12,14-15,19-20,22-24,26-28,36H,9,13,16-18H2,1-4H3,(H,33,38)/b10-6-/t22-,23-,24-,26+,27+,28-,32+/m0/s1. The number of benzene rings is 1. The Morgan fingerprint density at radius 3 is 2.45 bits per heavy atom. The van der Waals surface area contributed by atoms with E-state index in [0.29, 0.717) is 6.42 Å². The Balaban J connectivity index is 1.60. The number of carbonyl (C=O) groups excluding carboxylic acids is 4. The third-order valence-electron chi connectivity index (χ3n) is 8.98. The first-order valence-corrected chi connectivity index (χ1v) is 14.9. The number of ether oxygens (including phenoxy) is 2. The van der Waals surface area contributed by atoms with E-state index in [1.165, 1.54) is 4.90 Å². The lowest BCUT2D eigenvalue weighted by atomic mass is 9.74. The van der Waals surface area contributed by atoms with Gasteiger partial charge in [-0.15, -0.1) is 0 Å². The number of hydrogen-bond donors (Lipinski definition) is 2. The zero-order valence-corrected chi connectivity index (χ0v) is 24.6. The van der Waals surface area contributed by atoms with Crippen LogP contribution in [0, 0.1) is 17.8 Å². The number of aliphatic hydroxyl groups is 1. The Labute approximate surface area is 246 Å². The van der Waals surface area contributed by atoms with E-state index in [1.54, 1.807) is 17.1 Å². The van der Waals surface area contributed by atoms with Crippen LogP contribution in [0.25, 0.3) is 0 Å². The topological polar surface area (TPSA) is 125 Å². The largest absolute Gasteiger partial charge is 0.463 e. The van der Waals surface area contributed by atoms with Crippen LogP contribution in [0.15, 0.2) is 54.6 Å². The molecular weight excluding hydrogens is 538 g/mol. The first-order chi connectivity index (χ1) is 20.1. The van der Waals surface area contributed by atoms with Crippen LogP contribution in [0.4, 0.5) is 0 Å². The van der Waals surface area contributed by atoms with Gasteiger partial charge in [-0.05, 0) is 31.7 Å². The summed E-state index contributed by atoms with van der Waals surface area (Å²) in [6, 6.07) is 6.68. The fourth-order valence-electron chi connectivity index (χ4n) is 6.81. The average molecular weight is 580 g/mol. The summed E-state index contributed by atoms with van der Waals surface area (Å²) in [4.78, 5) is 58.6. The van der Waals surface area contributed by atoms with Gasteiger partial charge in [0.2, 0.25) is 17.7 Å². The lowest BCUT2D eigenvalue weighted by molar-refractivity contribution is -0.152. The molecule has 0 saturated carbocycles. The van der Waals surface area contributed by atoms with Gasteiger partial charge in [-0.25, -0.2) is 0 Å². The molecule has 0 aromatic heterocycles. The Morgan fingerprint density at radius 1 is 1.05 bits per heavy atom. The number of likely N-dealkylation sites (tertiary alicyclic amines) is 1. The predicted molar refractivity (Wildman–Crippen MR) is 154 cm³/mol. The smallest absolute Gasteiger partial charge is 0.306 e. The van der Waals surface area contributed by atoms with Gasteiger partial charge in [-0.3, -0.25) is 19.2 Å². The van der Waals surface area contributed by atoms with E-state index in [0.717, 1.165) is 5.56 Å². The van der Waals surface area contributed by atoms with E-state index in [9.17, 15) is 24.3 Å². The minimum atomic E-state index is -1.34. The SMILES string of the molecule is CC(C)[C@H](CO)N1C(=O)[C@H]2[C@@H]3C(=O)N[C@H](c4ccccc4)COC(=O)CC/C=C\CN(C(C)C)C(=O)[C@H]1[C@@]21C=C[C@@H]3O1. The minimum Gasteiger partial charge on any atom is -0.463 e. The van der Waals surface area contributed by atoms with Gasteiger partial charge in [0.1, 0.15) is 18.2 Å². The van der Waals surface area contributed by atoms with Gasteiger partial charge in [0.05, 0.1) is 36.6 Å². The number of aliphatic hydroxyl groups excluding tert-OH is 1. The second kappa shape index (κ2) is 12.0. The van der Waals surface area contributed by atoms with Crippen molar-refractivity contribution in [3.05, 3.63) is 60.2 Å². The van der Waals surface area contributed by atoms with Gasteiger partial charge < -0.3 is 29.7 Å². The molecule has 0 aliphatic carbocycles. The van der Waals surface area contributed by atoms with Gasteiger partial charge in [0, 0.05) is 19.0 Å². The molecule has 1 aromatic rings. The molecule has 10 heteroatoms. The summed E-state index contributed by atoms with van der Waals surface area (Å²) >= 11 is 0. The van der Waals surface area contributed by atoms with E-state index >= 15 is 0 Å². The number of fused-ring (bicyclic) bond motifs is 2. The lowest BCUT2D eigenvalue weighted by Crippen LogP contribution is -2.60. The zero-order valence-electron chi connectivity index (χ0n) is 24.6. The van der Waals surface area contributed by atoms with Crippen molar-refractivity contribution in [1.82, 2.24) is 15.1 Å². The number of hydrogen-bond acceptors (Lipinski definition) is 7. The van der Waals surface area contributed by atoms with Crippen molar-refractivity contribution in [2.75, 3.05) is 19.8 Å². The van der Waals surface area contributed by atoms with Crippen molar-refractivity contribution in [1.29, 1.82) is 0 Å². The molecule has 5 rings (SSSR count). The number of esters is 1. The molecule has 1 spiro atoms. The molecule has 2 fully saturated rings. The normalized spacial score (nSPS) is 33.3. The van der Waals surface area contributed by atoms with Crippen molar-refractivity contribution in [3.63, 3.8) is 0 Å². The molecule has 3 amide bonds. The molecule has 226 valence electrons. The van der Waals surface area contributed by atoms with Gasteiger partial charge >= 0.3 is 5.97 Å². The number of nitrogens with zero attached hydrogens (tertiary/aromatic N) is 2. The van der Waals surface area contributed by atoms with Gasteiger partial charge in [0.15, 0.2) is 0 Å². The fraction of sp³-hybridized carbons (Fsp3) is 0.562. The first kappa shape index (κ1) is 30.0. The number of allylic oxidation sites excluding steroid dienone is 1. The van der Waals surface area contributed by atoms with Gasteiger partial charge in [-0.1, -0.05) is 68.5 Å². The number of rotatable bonds is 5. The molecular formula is C32H41N3O7. The van der Waals surface area contributed by atoms with Crippen molar-refractivity contribution in [3.8, 4) is 0 Å². The van der Waals surface area contributed by atoms with E-state index in [4.69, 9.17) is 9.47 Å². The monoisotopic (exact) mass is 579 g/mol. The Hall–Kier alpha value is -3.50. The van der Waals surface area contributed by atoms with Crippen molar-refractivity contribution < 1.29 is 33.8 Å². The molecule has 1 aromatic carbocycles. The van der Waals surface area contributed by atoms with Crippen molar-refractivity contribution >= 4 is 23.7 Å². The van der Waals surface area contributed by atoms with Crippen LogP contribution in [0.3, 0.4) is 0 Å². The molecule has 4 aliphatic heterocycles. The van der Waals surface area contributed by atoms with Crippen LogP contribution in [-0.4, -0.2) is 88.2 Å². The number of carbonyl (C=O) groups is 4. The molecule has 10 nitrogen and oxygen atoms in total. The first-order valence-electron chi connectivity index (χ1n) is 14.9. The second-order valence-electron chi connectivity index (χ2n) is 12.2. The Kier molecular flexibility index (Phi) is 8.57. The summed E-state index contributed by atoms with van der Waals surface area (Å²) in [5.41, 5.74) is -0.589. The average Bonchev–Trinajstić information content (AvgIpc) is 3.60. The molecule has 42 heavy (non-hydrogen) atoms. The summed E-state index contributed by atoms with van der Waals surface area (Å²) in [6.45, 7) is 7.46. The maximum absolute atomic E-state index is 14.5. The van der Waals surface area contributed by atoms with Crippen LogP contribution < -0.4 is 5.32 Å². The summed E-state index contributed by atoms with van der Waals surface area (Å²) < 4.78 is 12.1. The Bertz CT molecular complexity index is 1260. The van der Waals surface area contributed by atoms with Gasteiger partial charge in [-0.2, -0.15) is 0 Å². The number of cyclic esters (lactones) is 1. The summed E-state index contributed by atoms with van der Waals surface area (Å²) in [5.74, 6) is -3.50. The molecule has 4 heterocycles. The molecule has 2 saturated heterocycles. The number of amides is 3. The zero-order chi connectivity index (χ0) is 30.2. The van der Waals surface area contributed by atoms with Crippen LogP contribution in [0.2, 0.25) is 0 Å². The molecule has 5 bridgehead atoms. The highest BCUT2D eigenvalue weighted by molar-refractivity contribution is 6.00. The van der Waals surface area contributed by atoms with Crippen molar-refractivity contribution in [2.45, 2.75) is 76.4 Å². The second-order valence-corrected chi connectivity index (χ2v) is 12.2. The van der Waals surface area contributed by atoms with Gasteiger partial charge in [0.25, 0.3) is 0 Å². The molecule has 2 N–H and O–H groups in total. The third kappa shape index (κ3) is 5.15. The van der Waals surface area contributed by atoms with E-state index in [2.05, 4.69) is 5.32 Å². The highest BCUT2D eigenvalue weighted by Crippen LogP contribution is 2.56. The fourth-order valence-corrected chi connectivity index (χ4v) is 6.81. The third-order valence-corrected chi connectivity index (χ3v) is 8.98. The highest BCUT2D eigenvalue weighted by atomic mass is 16.5. The predicted octanol–water partition coefficient (Wildman–Crippen LogP) is 2.14. The summed E-state index contributed by atoms with van der Waals surface area (Å²) in [6.07, 6.45) is 7.12. The maximum Gasteiger partial charge on any atom is 0.306 e. The lowest BCUT2D eigenvalue weighted by Gasteiger charge is -2.41. The molecule has 0 unspecified atom stereocenters. The van der Waals surface area contributed by atoms with Crippen LogP contribution in [0.1, 0.15) is 52.1 Å². The maximum atomic E-state index is 14.5. The minimum absolute atomic E-state index is 0.0650. The molecule has 4 aliphatic rings. The van der Waals surface area contributed by atoms with E-state index in [-0.39, 0.29) is 50.0 Å². The van der Waals surface area contributed by atoms with E-state index < -0.39 is 53.5 Å². The summed E-state index contributed by atoms with van der Waals surface area (Å²) in [5, 5.41) is 13.4. The Morgan fingerprint density at radius 2 is 1.79 bits per heavy atom. The molecule has 7 atom stereocenters. The highest BCUT2D eigenvalue weighted by Gasteiger charge is 2.74. The summed E-state index contributed by atoms with van der Waals surface area (Å²) in [7, 11) is 0. The van der Waals surface area contributed by atoms with E-state index in [1.807, 2.05) is 70.2 Å². The number of nitrogens with one attached hydrogen (secondary N) is 1.